The fourth-order valence-electron chi connectivity index (χ4n) is 1.92. The van der Waals surface area contributed by atoms with E-state index < -0.39 is 0 Å². The molecule has 0 fully saturated rings. The van der Waals surface area contributed by atoms with Gasteiger partial charge in [0.05, 0.1) is 6.61 Å². The van der Waals surface area contributed by atoms with Crippen molar-refractivity contribution in [2.24, 2.45) is 5.73 Å². The lowest BCUT2D eigenvalue weighted by atomic mass is 9.91. The molecule has 0 bridgehead atoms. The molecule has 2 nitrogen and oxygen atoms in total. The van der Waals surface area contributed by atoms with Crippen LogP contribution in [0.25, 0.3) is 0 Å². The number of benzene rings is 1. The molecule has 0 amide bonds. The number of hydrogen-bond donors (Lipinski definition) is 1. The van der Waals surface area contributed by atoms with E-state index in [9.17, 15) is 0 Å². The van der Waals surface area contributed by atoms with Crippen LogP contribution in [0.3, 0.4) is 0 Å². The SMILES string of the molecule is CCCOc1ccc(C(C)C(N)CCC)cc1. The van der Waals surface area contributed by atoms with Crippen molar-refractivity contribution in [3.8, 4) is 5.75 Å². The van der Waals surface area contributed by atoms with Crippen LogP contribution < -0.4 is 10.5 Å². The molecule has 1 aromatic rings. The average molecular weight is 235 g/mol. The topological polar surface area (TPSA) is 35.2 Å². The molecule has 1 rings (SSSR count). The van der Waals surface area contributed by atoms with Gasteiger partial charge in [-0.2, -0.15) is 0 Å². The second-order valence-electron chi connectivity index (χ2n) is 4.66. The molecule has 0 aliphatic heterocycles. The minimum absolute atomic E-state index is 0.252. The lowest BCUT2D eigenvalue weighted by Crippen LogP contribution is -2.26. The van der Waals surface area contributed by atoms with Crippen molar-refractivity contribution in [1.29, 1.82) is 0 Å². The second-order valence-corrected chi connectivity index (χ2v) is 4.66. The van der Waals surface area contributed by atoms with E-state index in [-0.39, 0.29) is 6.04 Å². The van der Waals surface area contributed by atoms with Gasteiger partial charge in [-0.05, 0) is 36.5 Å². The highest BCUT2D eigenvalue weighted by Gasteiger charge is 2.13. The fourth-order valence-corrected chi connectivity index (χ4v) is 1.92. The Morgan fingerprint density at radius 1 is 1.12 bits per heavy atom. The van der Waals surface area contributed by atoms with Crippen molar-refractivity contribution in [2.75, 3.05) is 6.61 Å². The molecule has 2 atom stereocenters. The molecule has 0 heterocycles. The van der Waals surface area contributed by atoms with Crippen LogP contribution in [0.5, 0.6) is 5.75 Å². The van der Waals surface area contributed by atoms with Crippen LogP contribution in [0.2, 0.25) is 0 Å². The number of hydrogen-bond acceptors (Lipinski definition) is 2. The van der Waals surface area contributed by atoms with Gasteiger partial charge in [-0.15, -0.1) is 0 Å². The maximum absolute atomic E-state index is 6.15. The lowest BCUT2D eigenvalue weighted by Gasteiger charge is -2.20. The monoisotopic (exact) mass is 235 g/mol. The Bertz CT molecular complexity index is 307. The zero-order chi connectivity index (χ0) is 12.7. The first-order chi connectivity index (χ1) is 8.19. The summed E-state index contributed by atoms with van der Waals surface area (Å²) in [7, 11) is 0. The quantitative estimate of drug-likeness (QED) is 0.782. The average Bonchev–Trinajstić information content (AvgIpc) is 2.36. The first-order valence-electron chi connectivity index (χ1n) is 6.67. The molecule has 0 spiro atoms. The predicted molar refractivity (Wildman–Crippen MR) is 73.5 cm³/mol. The summed E-state index contributed by atoms with van der Waals surface area (Å²) in [5.41, 5.74) is 7.45. The Labute approximate surface area is 105 Å². The van der Waals surface area contributed by atoms with E-state index in [0.29, 0.717) is 5.92 Å². The molecule has 0 saturated heterocycles. The van der Waals surface area contributed by atoms with Gasteiger partial charge in [0.2, 0.25) is 0 Å². The second kappa shape index (κ2) is 7.33. The number of nitrogens with two attached hydrogens (primary N) is 1. The molecule has 0 saturated carbocycles. The molecule has 2 N–H and O–H groups in total. The molecule has 0 radical (unpaired) electrons. The van der Waals surface area contributed by atoms with Crippen LogP contribution in [-0.2, 0) is 0 Å². The van der Waals surface area contributed by atoms with E-state index in [4.69, 9.17) is 10.5 Å². The molecule has 17 heavy (non-hydrogen) atoms. The smallest absolute Gasteiger partial charge is 0.119 e. The Kier molecular flexibility index (Phi) is 6.06. The molecular formula is C15H25NO. The normalized spacial score (nSPS) is 14.4. The van der Waals surface area contributed by atoms with Gasteiger partial charge in [-0.1, -0.05) is 39.3 Å². The molecule has 96 valence electrons. The molecule has 2 heteroatoms. The van der Waals surface area contributed by atoms with Crippen molar-refractivity contribution < 1.29 is 4.74 Å². The maximum Gasteiger partial charge on any atom is 0.119 e. The molecule has 0 aliphatic carbocycles. The Balaban J connectivity index is 2.60. The highest BCUT2D eigenvalue weighted by molar-refractivity contribution is 5.29. The molecule has 2 unspecified atom stereocenters. The molecular weight excluding hydrogens is 210 g/mol. The Morgan fingerprint density at radius 2 is 1.76 bits per heavy atom. The third-order valence-electron chi connectivity index (χ3n) is 3.14. The summed E-state index contributed by atoms with van der Waals surface area (Å²) >= 11 is 0. The van der Waals surface area contributed by atoms with Gasteiger partial charge in [0.25, 0.3) is 0 Å². The highest BCUT2D eigenvalue weighted by atomic mass is 16.5. The first-order valence-corrected chi connectivity index (χ1v) is 6.67. The van der Waals surface area contributed by atoms with E-state index in [1.54, 1.807) is 0 Å². The van der Waals surface area contributed by atoms with Gasteiger partial charge in [-0.3, -0.25) is 0 Å². The zero-order valence-corrected chi connectivity index (χ0v) is 11.3. The van der Waals surface area contributed by atoms with Crippen LogP contribution in [0.15, 0.2) is 24.3 Å². The van der Waals surface area contributed by atoms with Crippen molar-refractivity contribution in [3.05, 3.63) is 29.8 Å². The largest absolute Gasteiger partial charge is 0.494 e. The van der Waals surface area contributed by atoms with Gasteiger partial charge in [0.15, 0.2) is 0 Å². The van der Waals surface area contributed by atoms with Gasteiger partial charge in [-0.25, -0.2) is 0 Å². The van der Waals surface area contributed by atoms with Crippen molar-refractivity contribution >= 4 is 0 Å². The van der Waals surface area contributed by atoms with Gasteiger partial charge < -0.3 is 10.5 Å². The van der Waals surface area contributed by atoms with Crippen LogP contribution >= 0.6 is 0 Å². The highest BCUT2D eigenvalue weighted by Crippen LogP contribution is 2.23. The first kappa shape index (κ1) is 14.0. The summed E-state index contributed by atoms with van der Waals surface area (Å²) in [6.45, 7) is 7.26. The van der Waals surface area contributed by atoms with Crippen LogP contribution in [-0.4, -0.2) is 12.6 Å². The van der Waals surface area contributed by atoms with E-state index in [0.717, 1.165) is 31.6 Å². The molecule has 0 aromatic heterocycles. The summed E-state index contributed by atoms with van der Waals surface area (Å²) < 4.78 is 5.57. The van der Waals surface area contributed by atoms with Gasteiger partial charge in [0.1, 0.15) is 5.75 Å². The third-order valence-corrected chi connectivity index (χ3v) is 3.14. The van der Waals surface area contributed by atoms with Crippen molar-refractivity contribution in [2.45, 2.75) is 52.0 Å². The summed E-state index contributed by atoms with van der Waals surface area (Å²) in [6, 6.07) is 8.60. The summed E-state index contributed by atoms with van der Waals surface area (Å²) in [4.78, 5) is 0. The van der Waals surface area contributed by atoms with Crippen LogP contribution in [0, 0.1) is 0 Å². The van der Waals surface area contributed by atoms with Crippen LogP contribution in [0.4, 0.5) is 0 Å². The van der Waals surface area contributed by atoms with E-state index in [1.165, 1.54) is 5.56 Å². The van der Waals surface area contributed by atoms with E-state index in [2.05, 4.69) is 32.9 Å². The van der Waals surface area contributed by atoms with E-state index in [1.807, 2.05) is 12.1 Å². The fraction of sp³-hybridized carbons (Fsp3) is 0.600. The summed E-state index contributed by atoms with van der Waals surface area (Å²) in [6.07, 6.45) is 3.26. The molecule has 0 aliphatic rings. The van der Waals surface area contributed by atoms with E-state index >= 15 is 0 Å². The standard InChI is InChI=1S/C15H25NO/c1-4-6-15(16)12(3)13-7-9-14(10-8-13)17-11-5-2/h7-10,12,15H,4-6,11,16H2,1-3H3. The predicted octanol–water partition coefficient (Wildman–Crippen LogP) is 3.71. The van der Waals surface area contributed by atoms with Gasteiger partial charge in [0, 0.05) is 6.04 Å². The summed E-state index contributed by atoms with van der Waals surface area (Å²) in [5.74, 6) is 1.36. The lowest BCUT2D eigenvalue weighted by molar-refractivity contribution is 0.317. The number of rotatable bonds is 7. The summed E-state index contributed by atoms with van der Waals surface area (Å²) in [5, 5.41) is 0. The Hall–Kier alpha value is -1.02. The van der Waals surface area contributed by atoms with Crippen molar-refractivity contribution in [1.82, 2.24) is 0 Å². The Morgan fingerprint density at radius 3 is 2.29 bits per heavy atom. The van der Waals surface area contributed by atoms with Crippen LogP contribution in [0.1, 0.15) is 51.5 Å². The minimum Gasteiger partial charge on any atom is -0.494 e. The van der Waals surface area contributed by atoms with Crippen molar-refractivity contribution in [3.63, 3.8) is 0 Å². The van der Waals surface area contributed by atoms with Gasteiger partial charge >= 0.3 is 0 Å². The maximum atomic E-state index is 6.15. The third kappa shape index (κ3) is 4.39. The molecule has 1 aromatic carbocycles. The number of ether oxygens (including phenoxy) is 1. The minimum atomic E-state index is 0.252. The zero-order valence-electron chi connectivity index (χ0n) is 11.3.